The van der Waals surface area contributed by atoms with Crippen LogP contribution in [0.15, 0.2) is 53.5 Å². The zero-order chi connectivity index (χ0) is 37.5. The van der Waals surface area contributed by atoms with Gasteiger partial charge in [-0.3, -0.25) is 24.2 Å². The fraction of sp³-hybridized carbons (Fsp3) is 0.541. The van der Waals surface area contributed by atoms with Crippen molar-refractivity contribution in [2.24, 2.45) is 22.4 Å². The quantitative estimate of drug-likeness (QED) is 0.0853. The number of halogens is 2. The third-order valence-corrected chi connectivity index (χ3v) is 9.03. The van der Waals surface area contributed by atoms with Gasteiger partial charge in [0.05, 0.1) is 6.04 Å². The molecule has 8 N–H and O–H groups in total. The van der Waals surface area contributed by atoms with Gasteiger partial charge < -0.3 is 32.7 Å². The van der Waals surface area contributed by atoms with Crippen LogP contribution < -0.4 is 32.7 Å². The summed E-state index contributed by atoms with van der Waals surface area (Å²) in [5.74, 6) is -3.19. The molecule has 0 saturated heterocycles. The lowest BCUT2D eigenvalue weighted by Crippen LogP contribution is -2.64. The minimum absolute atomic E-state index is 0.106. The summed E-state index contributed by atoms with van der Waals surface area (Å²) in [6, 6.07) is 9.42. The van der Waals surface area contributed by atoms with E-state index < -0.39 is 52.5 Å². The molecule has 4 amide bonds. The van der Waals surface area contributed by atoms with Gasteiger partial charge in [0.2, 0.25) is 23.6 Å². The Balaban J connectivity index is 0.00000425. The number of benzene rings is 2. The molecule has 1 aliphatic carbocycles. The highest BCUT2D eigenvalue weighted by atomic mass is 19.1. The number of rotatable bonds is 16. The average molecular weight is 700 g/mol. The predicted molar refractivity (Wildman–Crippen MR) is 192 cm³/mol. The zero-order valence-electron chi connectivity index (χ0n) is 30.2. The zero-order valence-corrected chi connectivity index (χ0v) is 30.2. The third-order valence-electron chi connectivity index (χ3n) is 9.03. The molecule has 13 heteroatoms. The Morgan fingerprint density at radius 1 is 0.840 bits per heavy atom. The van der Waals surface area contributed by atoms with E-state index in [0.29, 0.717) is 43.2 Å². The molecule has 2 aromatic rings. The second kappa shape index (κ2) is 19.6. The summed E-state index contributed by atoms with van der Waals surface area (Å²) in [6.07, 6.45) is 3.10. The van der Waals surface area contributed by atoms with Gasteiger partial charge in [0.15, 0.2) is 5.96 Å². The SMILES string of the molecule is CC.CCC(CC)(NC(=O)C(C)C)C(=O)N[C@@H](CCCN=C(N)N)C(=O)NC1(C(=O)NC(c2ccc(F)cc2)c2ccc(F)cc2)CCCC1. The molecular formula is C37H55F2N7O4. The largest absolute Gasteiger partial charge is 0.370 e. The number of carbonyl (C=O) groups is 4. The number of carbonyl (C=O) groups excluding carboxylic acids is 4. The lowest BCUT2D eigenvalue weighted by Gasteiger charge is -2.36. The van der Waals surface area contributed by atoms with Crippen LogP contribution in [0.5, 0.6) is 0 Å². The van der Waals surface area contributed by atoms with Gasteiger partial charge in [0.1, 0.15) is 28.8 Å². The Hall–Kier alpha value is -4.55. The number of hydrogen-bond acceptors (Lipinski definition) is 5. The summed E-state index contributed by atoms with van der Waals surface area (Å²) in [6.45, 7) is 11.2. The minimum atomic E-state index is -1.31. The van der Waals surface area contributed by atoms with E-state index in [0.717, 1.165) is 0 Å². The van der Waals surface area contributed by atoms with Gasteiger partial charge in [0, 0.05) is 12.5 Å². The maximum absolute atomic E-state index is 14.2. The monoisotopic (exact) mass is 699 g/mol. The number of guanidine groups is 1. The Labute approximate surface area is 294 Å². The summed E-state index contributed by atoms with van der Waals surface area (Å²) in [5.41, 5.74) is 9.52. The standard InChI is InChI=1S/C35H49F2N7O4.C2H6/c1-5-34(6-2,43-29(45)22(3)4)31(47)41-27(10-9-21-40-33(38)39)30(46)44-35(19-7-8-20-35)32(48)42-28(23-11-15-25(36)16-12-23)24-13-17-26(37)18-14-24;1-2/h11-18,22,27-28H,5-10,19-21H2,1-4H3,(H,41,47)(H,42,48)(H,43,45)(H,44,46)(H4,38,39,40);1-2H3/t27-;/m0./s1. The molecule has 0 spiro atoms. The lowest BCUT2D eigenvalue weighted by atomic mass is 9.89. The van der Waals surface area contributed by atoms with Crippen molar-refractivity contribution in [1.29, 1.82) is 0 Å². The second-order valence-electron chi connectivity index (χ2n) is 12.7. The molecule has 1 aliphatic rings. The average Bonchev–Trinajstić information content (AvgIpc) is 3.58. The van der Waals surface area contributed by atoms with Crippen molar-refractivity contribution in [1.82, 2.24) is 21.3 Å². The predicted octanol–water partition coefficient (Wildman–Crippen LogP) is 4.50. The van der Waals surface area contributed by atoms with E-state index in [-0.39, 0.29) is 43.6 Å². The van der Waals surface area contributed by atoms with Crippen LogP contribution in [0.25, 0.3) is 0 Å². The van der Waals surface area contributed by atoms with Crippen LogP contribution in [-0.2, 0) is 19.2 Å². The number of nitrogens with zero attached hydrogens (tertiary/aromatic N) is 1. The van der Waals surface area contributed by atoms with Crippen molar-refractivity contribution in [2.75, 3.05) is 6.54 Å². The van der Waals surface area contributed by atoms with E-state index >= 15 is 0 Å². The van der Waals surface area contributed by atoms with Crippen LogP contribution in [0, 0.1) is 17.6 Å². The first-order valence-electron chi connectivity index (χ1n) is 17.6. The van der Waals surface area contributed by atoms with Gasteiger partial charge in [0.25, 0.3) is 0 Å². The normalized spacial score (nSPS) is 14.2. The summed E-state index contributed by atoms with van der Waals surface area (Å²) in [7, 11) is 0. The number of nitrogens with two attached hydrogens (primary N) is 2. The van der Waals surface area contributed by atoms with Crippen molar-refractivity contribution in [2.45, 2.75) is 116 Å². The van der Waals surface area contributed by atoms with E-state index in [2.05, 4.69) is 26.3 Å². The Kier molecular flexibility index (Phi) is 16.3. The molecule has 1 atom stereocenters. The fourth-order valence-corrected chi connectivity index (χ4v) is 5.90. The van der Waals surface area contributed by atoms with Crippen molar-refractivity contribution < 1.29 is 28.0 Å². The van der Waals surface area contributed by atoms with E-state index in [1.165, 1.54) is 48.5 Å². The van der Waals surface area contributed by atoms with Crippen molar-refractivity contribution in [3.63, 3.8) is 0 Å². The highest BCUT2D eigenvalue weighted by Crippen LogP contribution is 2.32. The first-order valence-corrected chi connectivity index (χ1v) is 17.6. The molecule has 0 unspecified atom stereocenters. The molecule has 3 rings (SSSR count). The summed E-state index contributed by atoms with van der Waals surface area (Å²) < 4.78 is 27.6. The van der Waals surface area contributed by atoms with Gasteiger partial charge >= 0.3 is 0 Å². The molecule has 2 aromatic carbocycles. The number of nitrogens with one attached hydrogen (secondary N) is 4. The Bertz CT molecular complexity index is 1390. The molecule has 50 heavy (non-hydrogen) atoms. The molecule has 0 radical (unpaired) electrons. The van der Waals surface area contributed by atoms with Crippen LogP contribution in [0.1, 0.15) is 110 Å². The molecule has 11 nitrogen and oxygen atoms in total. The Morgan fingerprint density at radius 3 is 1.78 bits per heavy atom. The minimum Gasteiger partial charge on any atom is -0.370 e. The third kappa shape index (κ3) is 11.2. The van der Waals surface area contributed by atoms with Crippen molar-refractivity contribution in [3.8, 4) is 0 Å². The van der Waals surface area contributed by atoms with Gasteiger partial charge in [-0.25, -0.2) is 8.78 Å². The van der Waals surface area contributed by atoms with Gasteiger partial charge in [-0.15, -0.1) is 0 Å². The van der Waals surface area contributed by atoms with E-state index in [9.17, 15) is 28.0 Å². The summed E-state index contributed by atoms with van der Waals surface area (Å²) in [5, 5.41) is 11.7. The first-order chi connectivity index (χ1) is 23.8. The first kappa shape index (κ1) is 41.6. The molecule has 1 saturated carbocycles. The molecule has 0 heterocycles. The number of hydrogen-bond donors (Lipinski definition) is 6. The summed E-state index contributed by atoms with van der Waals surface area (Å²) in [4.78, 5) is 58.6. The van der Waals surface area contributed by atoms with Gasteiger partial charge in [-0.1, -0.05) is 78.6 Å². The fourth-order valence-electron chi connectivity index (χ4n) is 5.90. The highest BCUT2D eigenvalue weighted by molar-refractivity contribution is 5.97. The number of aliphatic imine (C=N–C) groups is 1. The molecule has 0 aromatic heterocycles. The van der Waals surface area contributed by atoms with Crippen LogP contribution in [-0.4, -0.2) is 53.3 Å². The van der Waals surface area contributed by atoms with Crippen LogP contribution in [0.2, 0.25) is 0 Å². The molecule has 0 bridgehead atoms. The molecule has 1 fully saturated rings. The topological polar surface area (TPSA) is 181 Å². The van der Waals surface area contributed by atoms with Crippen molar-refractivity contribution >= 4 is 29.6 Å². The van der Waals surface area contributed by atoms with Crippen molar-refractivity contribution in [3.05, 3.63) is 71.3 Å². The smallest absolute Gasteiger partial charge is 0.246 e. The lowest BCUT2D eigenvalue weighted by molar-refractivity contribution is -0.139. The van der Waals surface area contributed by atoms with E-state index in [1.54, 1.807) is 27.7 Å². The molecule has 0 aliphatic heterocycles. The highest BCUT2D eigenvalue weighted by Gasteiger charge is 2.45. The maximum Gasteiger partial charge on any atom is 0.246 e. The Morgan fingerprint density at radius 2 is 1.34 bits per heavy atom. The van der Waals surface area contributed by atoms with E-state index in [1.807, 2.05) is 13.8 Å². The molecular weight excluding hydrogens is 644 g/mol. The summed E-state index contributed by atoms with van der Waals surface area (Å²) >= 11 is 0. The van der Waals surface area contributed by atoms with Crippen LogP contribution >= 0.6 is 0 Å². The second-order valence-corrected chi connectivity index (χ2v) is 12.7. The number of amides is 4. The van der Waals surface area contributed by atoms with Gasteiger partial charge in [-0.2, -0.15) is 0 Å². The van der Waals surface area contributed by atoms with Gasteiger partial charge in [-0.05, 0) is 73.9 Å². The molecule has 276 valence electrons. The van der Waals surface area contributed by atoms with E-state index in [4.69, 9.17) is 11.5 Å². The maximum atomic E-state index is 14.2. The van der Waals surface area contributed by atoms with Crippen LogP contribution in [0.3, 0.4) is 0 Å². The van der Waals surface area contributed by atoms with Crippen LogP contribution in [0.4, 0.5) is 8.78 Å².